The molecule has 4 aromatic rings. The van der Waals surface area contributed by atoms with Gasteiger partial charge in [0.1, 0.15) is 87.1 Å². The van der Waals surface area contributed by atoms with Crippen molar-refractivity contribution < 1.29 is 142 Å². The van der Waals surface area contributed by atoms with Gasteiger partial charge in [0.05, 0.1) is 262 Å². The zero-order chi connectivity index (χ0) is 88.8. The molecule has 4 aromatic heterocycles. The van der Waals surface area contributed by atoms with Crippen molar-refractivity contribution in [2.75, 3.05) is 204 Å². The van der Waals surface area contributed by atoms with Gasteiger partial charge < -0.3 is 144 Å². The second-order valence-electron chi connectivity index (χ2n) is 33.8. The van der Waals surface area contributed by atoms with Crippen LogP contribution >= 0.6 is 21.6 Å². The molecule has 3 amide bonds. The molecule has 9 fully saturated rings. The van der Waals surface area contributed by atoms with Gasteiger partial charge in [-0.1, -0.05) is 38.9 Å². The van der Waals surface area contributed by atoms with Crippen LogP contribution in [0.3, 0.4) is 0 Å². The predicted molar refractivity (Wildman–Crippen MR) is 443 cm³/mol. The Morgan fingerprint density at radius 2 is 0.843 bits per heavy atom. The van der Waals surface area contributed by atoms with Gasteiger partial charge in [-0.2, -0.15) is 0 Å². The molecule has 714 valence electrons. The van der Waals surface area contributed by atoms with Gasteiger partial charge in [0.15, 0.2) is 36.2 Å². The zero-order valence-corrected chi connectivity index (χ0v) is 75.8. The molecule has 14 unspecified atom stereocenters. The molecular weight excluding hydrogens is 1710 g/mol. The van der Waals surface area contributed by atoms with E-state index in [4.69, 9.17) is 128 Å². The van der Waals surface area contributed by atoms with E-state index in [0.717, 1.165) is 23.6 Å². The summed E-state index contributed by atoms with van der Waals surface area (Å²) < 4.78 is 168. The number of ether oxygens (including phenoxy) is 27. The number of carbonyl (C=O) groups excluding carboxylic acids is 3. The van der Waals surface area contributed by atoms with Crippen LogP contribution in [-0.4, -0.2) is 379 Å². The fraction of sp³-hybridized carbons (Fsp3) is 0.829. The molecule has 0 aromatic carbocycles. The van der Waals surface area contributed by atoms with E-state index in [-0.39, 0.29) is 109 Å². The second-order valence-corrected chi connectivity index (χ2v) is 36.2. The fourth-order valence-corrected chi connectivity index (χ4v) is 18.2. The summed E-state index contributed by atoms with van der Waals surface area (Å²) in [7, 11) is 3.37. The Balaban J connectivity index is 0.528. The van der Waals surface area contributed by atoms with Crippen LogP contribution in [0, 0.1) is 0 Å². The van der Waals surface area contributed by atoms with Crippen LogP contribution in [0.25, 0.3) is 0 Å². The highest BCUT2D eigenvalue weighted by atomic mass is 33.1. The Hall–Kier alpha value is -5.40. The molecule has 45 heteroatoms. The SMILES string of the molecule is CC(=O)NC1C2OCC(COCCOCCOCCOCCn3cc(COCC(COCc4cn(CCOCCOCCOCCOCC56COC(CC7OC(C)(C)OC75)O6)nn4)(COCc4cn(CCOCCOCCOCCOCC56COC(O5)C(NC(C)=O)C5OC(C)(C)OC56)nn4)NC(=O)CCCCCSSc4ccccn4)nn3)(O2)C2OC(C)(C)OC12. The Bertz CT molecular complexity index is 3780. The first-order valence-electron chi connectivity index (χ1n) is 43.9. The number of carbonyl (C=O) groups is 3. The third-order valence-electron chi connectivity index (χ3n) is 21.8. The standard InChI is InChI=1S/C82H129N13O30S2/c1-58(96)84-67-69-72(122-77(5,6)119-69)81(56-115-74(67)124-81)53-109-39-36-106-33-30-103-27-24-100-21-18-94-44-61(88-91-94)47-112-50-79(86-64(98)14-10-9-13-41-126-127-65-15-11-12-16-83-65,49-111-46-60-43-93(90-87-60)17-20-99-23-26-102-29-32-105-35-38-108-52-80-55-114-66(118-80)42-63-71(80)121-76(3,4)117-63)51-113-48-62-45-95(92-89-62)19-22-101-25-28-104-31-34-107-37-40-110-54-82-57-116-75(125-82)68(85-59(2)97)70-73(82)123-78(7,8)120-70/h11-12,15-16,43-45,63,66-75H,9-10,13-14,17-42,46-57H2,1-8H3,(H,84,96)(H,85,97)(H,86,98). The lowest BCUT2D eigenvalue weighted by Crippen LogP contribution is -2.65. The quantitative estimate of drug-likeness (QED) is 0.0421. The first-order chi connectivity index (χ1) is 61.5. The largest absolute Gasteiger partial charge is 0.377 e. The first kappa shape index (κ1) is 99.1. The van der Waals surface area contributed by atoms with Crippen LogP contribution < -0.4 is 16.0 Å². The van der Waals surface area contributed by atoms with E-state index in [1.807, 2.05) is 59.7 Å². The van der Waals surface area contributed by atoms with E-state index in [0.29, 0.717) is 202 Å². The number of fused-ring (bicyclic) bond motifs is 12. The van der Waals surface area contributed by atoms with Crippen LogP contribution in [0.5, 0.6) is 0 Å². The lowest BCUT2D eigenvalue weighted by molar-refractivity contribution is -0.214. The molecule has 14 atom stereocenters. The maximum Gasteiger partial charge on any atom is 0.220 e. The maximum atomic E-state index is 14.2. The highest BCUT2D eigenvalue weighted by Gasteiger charge is 2.68. The average molecular weight is 1840 g/mol. The molecule has 0 saturated carbocycles. The molecule has 9 aliphatic heterocycles. The summed E-state index contributed by atoms with van der Waals surface area (Å²) in [6.07, 6.45) is 6.41. The van der Waals surface area contributed by atoms with Gasteiger partial charge in [0.25, 0.3) is 0 Å². The molecule has 9 aliphatic rings. The molecule has 3 N–H and O–H groups in total. The van der Waals surface area contributed by atoms with Gasteiger partial charge in [-0.3, -0.25) is 14.4 Å². The molecule has 13 heterocycles. The minimum atomic E-state index is -1.24. The normalized spacial score (nSPS) is 27.9. The molecule has 127 heavy (non-hydrogen) atoms. The first-order valence-corrected chi connectivity index (χ1v) is 46.2. The van der Waals surface area contributed by atoms with Crippen LogP contribution in [0.1, 0.15) is 105 Å². The van der Waals surface area contributed by atoms with Gasteiger partial charge >= 0.3 is 0 Å². The lowest BCUT2D eigenvalue weighted by Gasteiger charge is -2.42. The van der Waals surface area contributed by atoms with Gasteiger partial charge in [-0.25, -0.2) is 19.0 Å². The topological polar surface area (TPSA) is 442 Å². The van der Waals surface area contributed by atoms with Crippen molar-refractivity contribution in [2.45, 2.75) is 239 Å². The van der Waals surface area contributed by atoms with E-state index in [1.165, 1.54) is 13.8 Å². The zero-order valence-electron chi connectivity index (χ0n) is 74.1. The van der Waals surface area contributed by atoms with Crippen LogP contribution in [0.15, 0.2) is 48.0 Å². The van der Waals surface area contributed by atoms with E-state index in [2.05, 4.69) is 51.9 Å². The summed E-state index contributed by atoms with van der Waals surface area (Å²) in [5.74, 6) is -2.16. The predicted octanol–water partition coefficient (Wildman–Crippen LogP) is 2.20. The smallest absolute Gasteiger partial charge is 0.220 e. The van der Waals surface area contributed by atoms with Crippen molar-refractivity contribution in [2.24, 2.45) is 0 Å². The van der Waals surface area contributed by atoms with Crippen molar-refractivity contribution in [1.82, 2.24) is 65.9 Å². The van der Waals surface area contributed by atoms with E-state index >= 15 is 0 Å². The fourth-order valence-electron chi connectivity index (χ4n) is 16.1. The van der Waals surface area contributed by atoms with Gasteiger partial charge in [0, 0.05) is 38.6 Å². The molecule has 13 rings (SSSR count). The maximum absolute atomic E-state index is 14.2. The van der Waals surface area contributed by atoms with Crippen LogP contribution in [0.2, 0.25) is 0 Å². The molecule has 0 radical (unpaired) electrons. The van der Waals surface area contributed by atoms with Gasteiger partial charge in [-0.05, 0) is 77.3 Å². The average Bonchev–Trinajstić information content (AvgIpc) is 1.58. The molecule has 0 aliphatic carbocycles. The molecular formula is C82H129N13O30S2. The summed E-state index contributed by atoms with van der Waals surface area (Å²) in [5, 5.41) is 36.1. The Labute approximate surface area is 747 Å². The number of nitrogens with zero attached hydrogens (tertiary/aromatic N) is 10. The monoisotopic (exact) mass is 1840 g/mol. The number of amides is 3. The number of unbranched alkanes of at least 4 members (excludes halogenated alkanes) is 2. The van der Waals surface area contributed by atoms with Crippen LogP contribution in [-0.2, 0) is 182 Å². The minimum absolute atomic E-state index is 0.0424. The van der Waals surface area contributed by atoms with Crippen molar-refractivity contribution >= 4 is 39.3 Å². The van der Waals surface area contributed by atoms with Gasteiger partial charge in [-0.15, -0.1) is 15.3 Å². The number of hydrogen-bond donors (Lipinski definition) is 3. The van der Waals surface area contributed by atoms with Crippen LogP contribution in [0.4, 0.5) is 0 Å². The summed E-state index contributed by atoms with van der Waals surface area (Å²) in [6.45, 7) is 24.3. The summed E-state index contributed by atoms with van der Waals surface area (Å²) in [6, 6.07) is 4.82. The highest BCUT2D eigenvalue weighted by Crippen LogP contribution is 2.50. The lowest BCUT2D eigenvalue weighted by atomic mass is 9.88. The summed E-state index contributed by atoms with van der Waals surface area (Å²) >= 11 is 0. The van der Waals surface area contributed by atoms with Crippen molar-refractivity contribution in [3.63, 3.8) is 0 Å². The van der Waals surface area contributed by atoms with Crippen molar-refractivity contribution in [3.8, 4) is 0 Å². The minimum Gasteiger partial charge on any atom is -0.377 e. The molecule has 43 nitrogen and oxygen atoms in total. The molecule has 9 saturated heterocycles. The third-order valence-corrected chi connectivity index (χ3v) is 24.1. The third kappa shape index (κ3) is 30.0. The van der Waals surface area contributed by atoms with Crippen molar-refractivity contribution in [3.05, 3.63) is 60.1 Å². The van der Waals surface area contributed by atoms with Gasteiger partial charge in [0.2, 0.25) is 17.7 Å². The summed E-state index contributed by atoms with van der Waals surface area (Å²) in [5.41, 5.74) is -2.07. The Morgan fingerprint density at radius 1 is 0.449 bits per heavy atom. The number of aromatic nitrogens is 10. The molecule has 0 spiro atoms. The Kier molecular flexibility index (Phi) is 38.2. The second kappa shape index (κ2) is 49.0. The molecule has 6 bridgehead atoms. The highest BCUT2D eigenvalue weighted by molar-refractivity contribution is 8.76. The number of hydrogen-bond acceptors (Lipinski definition) is 39. The van der Waals surface area contributed by atoms with E-state index in [9.17, 15) is 14.4 Å². The number of nitrogens with one attached hydrogen (secondary N) is 3. The van der Waals surface area contributed by atoms with E-state index < -0.39 is 88.8 Å². The van der Waals surface area contributed by atoms with Crippen molar-refractivity contribution in [1.29, 1.82) is 0 Å². The number of pyridine rings is 1. The van der Waals surface area contributed by atoms with E-state index in [1.54, 1.807) is 60.4 Å². The number of rotatable bonds is 65. The summed E-state index contributed by atoms with van der Waals surface area (Å²) in [4.78, 5) is 42.6. The Morgan fingerprint density at radius 3 is 1.26 bits per heavy atom.